The first-order chi connectivity index (χ1) is 12.7. The van der Waals surface area contributed by atoms with Gasteiger partial charge in [0.25, 0.3) is 5.56 Å². The number of fused-ring (bicyclic) bond motifs is 1. The molecule has 0 radical (unpaired) electrons. The normalized spacial score (nSPS) is 11.5. The van der Waals surface area contributed by atoms with Crippen molar-refractivity contribution in [2.75, 3.05) is 5.75 Å². The Kier molecular flexibility index (Phi) is 5.48. The Morgan fingerprint density at radius 2 is 1.96 bits per heavy atom. The largest absolute Gasteiger partial charge is 0.293 e. The van der Waals surface area contributed by atoms with Gasteiger partial charge in [-0.05, 0) is 51.5 Å². The Morgan fingerprint density at radius 3 is 2.59 bits per heavy atom. The summed E-state index contributed by atoms with van der Waals surface area (Å²) in [6.45, 7) is 7.61. The van der Waals surface area contributed by atoms with Crippen LogP contribution in [0.5, 0.6) is 0 Å². The molecule has 0 unspecified atom stereocenters. The quantitative estimate of drug-likeness (QED) is 0.342. The molecule has 0 amide bonds. The summed E-state index contributed by atoms with van der Waals surface area (Å²) in [4.78, 5) is 31.6. The van der Waals surface area contributed by atoms with Crippen molar-refractivity contribution in [3.63, 3.8) is 0 Å². The number of benzene rings is 1. The highest BCUT2D eigenvalue weighted by Gasteiger charge is 2.19. The second-order valence-corrected chi connectivity index (χ2v) is 8.61. The molecule has 142 valence electrons. The van der Waals surface area contributed by atoms with Crippen LogP contribution in [-0.2, 0) is 0 Å². The topological polar surface area (TPSA) is 52.0 Å². The van der Waals surface area contributed by atoms with E-state index in [0.717, 1.165) is 34.3 Å². The number of ketones is 1. The molecule has 2 heterocycles. The van der Waals surface area contributed by atoms with Crippen molar-refractivity contribution < 1.29 is 13.6 Å². The molecule has 8 heteroatoms. The molecule has 4 nitrogen and oxygen atoms in total. The van der Waals surface area contributed by atoms with Gasteiger partial charge in [0.15, 0.2) is 22.6 Å². The Labute approximate surface area is 163 Å². The van der Waals surface area contributed by atoms with Gasteiger partial charge < -0.3 is 0 Å². The lowest BCUT2D eigenvalue weighted by Gasteiger charge is -2.15. The first kappa shape index (κ1) is 19.7. The van der Waals surface area contributed by atoms with Gasteiger partial charge in [-0.2, -0.15) is 0 Å². The fourth-order valence-electron chi connectivity index (χ4n) is 2.73. The number of thiophene rings is 1. The van der Waals surface area contributed by atoms with Crippen LogP contribution in [0.1, 0.15) is 40.7 Å². The van der Waals surface area contributed by atoms with Crippen molar-refractivity contribution in [1.82, 2.24) is 9.55 Å². The third kappa shape index (κ3) is 3.68. The molecule has 2 aromatic heterocycles. The van der Waals surface area contributed by atoms with Crippen LogP contribution in [0, 0.1) is 25.5 Å². The average molecular weight is 408 g/mol. The van der Waals surface area contributed by atoms with Crippen LogP contribution in [-0.4, -0.2) is 21.1 Å². The Bertz CT molecular complexity index is 1100. The summed E-state index contributed by atoms with van der Waals surface area (Å²) in [6.07, 6.45) is 0. The zero-order valence-corrected chi connectivity index (χ0v) is 16.9. The predicted octanol–water partition coefficient (Wildman–Crippen LogP) is 4.91. The van der Waals surface area contributed by atoms with Gasteiger partial charge in [0.2, 0.25) is 0 Å². The molecule has 0 bridgehead atoms. The SMILES string of the molecule is Cc1sc2nc(SCC(=O)c3ccc(F)c(F)c3)n(C(C)C)c(=O)c2c1C. The Morgan fingerprint density at radius 1 is 1.26 bits per heavy atom. The van der Waals surface area contributed by atoms with Gasteiger partial charge in [0, 0.05) is 16.5 Å². The van der Waals surface area contributed by atoms with E-state index in [1.807, 2.05) is 27.7 Å². The van der Waals surface area contributed by atoms with E-state index >= 15 is 0 Å². The van der Waals surface area contributed by atoms with E-state index in [0.29, 0.717) is 15.4 Å². The highest BCUT2D eigenvalue weighted by molar-refractivity contribution is 7.99. The molecule has 0 aliphatic heterocycles. The maximum atomic E-state index is 13.3. The van der Waals surface area contributed by atoms with Crippen LogP contribution in [0.15, 0.2) is 28.2 Å². The molecule has 0 aliphatic carbocycles. The van der Waals surface area contributed by atoms with Crippen molar-refractivity contribution in [3.05, 3.63) is 56.2 Å². The molecule has 0 aliphatic rings. The average Bonchev–Trinajstić information content (AvgIpc) is 2.89. The Balaban J connectivity index is 1.96. The fourth-order valence-corrected chi connectivity index (χ4v) is 4.82. The van der Waals surface area contributed by atoms with Crippen molar-refractivity contribution in [2.45, 2.75) is 38.9 Å². The summed E-state index contributed by atoms with van der Waals surface area (Å²) in [6, 6.07) is 2.93. The third-order valence-corrected chi connectivity index (χ3v) is 6.35. The van der Waals surface area contributed by atoms with Gasteiger partial charge in [-0.1, -0.05) is 11.8 Å². The van der Waals surface area contributed by atoms with Gasteiger partial charge in [0.1, 0.15) is 4.83 Å². The second kappa shape index (κ2) is 7.52. The predicted molar refractivity (Wildman–Crippen MR) is 105 cm³/mol. The number of Topliss-reactive ketones (excluding diaryl/α,β-unsaturated/α-hetero) is 1. The molecule has 0 N–H and O–H groups in total. The molecule has 1 aromatic carbocycles. The first-order valence-electron chi connectivity index (χ1n) is 8.34. The number of carbonyl (C=O) groups excluding carboxylic acids is 1. The molecule has 3 rings (SSSR count). The van der Waals surface area contributed by atoms with E-state index in [9.17, 15) is 18.4 Å². The third-order valence-electron chi connectivity index (χ3n) is 4.29. The maximum absolute atomic E-state index is 13.3. The lowest BCUT2D eigenvalue weighted by Crippen LogP contribution is -2.25. The summed E-state index contributed by atoms with van der Waals surface area (Å²) >= 11 is 2.57. The van der Waals surface area contributed by atoms with Crippen LogP contribution in [0.3, 0.4) is 0 Å². The first-order valence-corrected chi connectivity index (χ1v) is 10.1. The van der Waals surface area contributed by atoms with E-state index in [1.54, 1.807) is 4.57 Å². The molecular formula is C19H18F2N2O2S2. The zero-order chi connectivity index (χ0) is 19.9. The van der Waals surface area contributed by atoms with Gasteiger partial charge in [-0.15, -0.1) is 11.3 Å². The molecule has 27 heavy (non-hydrogen) atoms. The molecule has 0 saturated heterocycles. The molecule has 0 fully saturated rings. The van der Waals surface area contributed by atoms with E-state index in [4.69, 9.17) is 0 Å². The summed E-state index contributed by atoms with van der Waals surface area (Å²) in [5.41, 5.74) is 0.889. The van der Waals surface area contributed by atoms with Crippen molar-refractivity contribution >= 4 is 39.1 Å². The number of hydrogen-bond acceptors (Lipinski definition) is 5. The number of carbonyl (C=O) groups is 1. The van der Waals surface area contributed by atoms with E-state index in [2.05, 4.69) is 4.98 Å². The number of aromatic nitrogens is 2. The lowest BCUT2D eigenvalue weighted by atomic mass is 10.1. The van der Waals surface area contributed by atoms with Crippen LogP contribution < -0.4 is 5.56 Å². The number of hydrogen-bond donors (Lipinski definition) is 0. The number of aryl methyl sites for hydroxylation is 2. The minimum atomic E-state index is -1.06. The number of rotatable bonds is 5. The maximum Gasteiger partial charge on any atom is 0.263 e. The van der Waals surface area contributed by atoms with Gasteiger partial charge in [-0.25, -0.2) is 13.8 Å². The lowest BCUT2D eigenvalue weighted by molar-refractivity contribution is 0.102. The van der Waals surface area contributed by atoms with E-state index in [1.165, 1.54) is 17.4 Å². The second-order valence-electron chi connectivity index (χ2n) is 6.47. The van der Waals surface area contributed by atoms with Crippen LogP contribution >= 0.6 is 23.1 Å². The van der Waals surface area contributed by atoms with Crippen LogP contribution in [0.2, 0.25) is 0 Å². The molecular weight excluding hydrogens is 390 g/mol. The van der Waals surface area contributed by atoms with Crippen LogP contribution in [0.4, 0.5) is 8.78 Å². The van der Waals surface area contributed by atoms with E-state index < -0.39 is 11.6 Å². The van der Waals surface area contributed by atoms with Gasteiger partial charge >= 0.3 is 0 Å². The highest BCUT2D eigenvalue weighted by atomic mass is 32.2. The fraction of sp³-hybridized carbons (Fsp3) is 0.316. The van der Waals surface area contributed by atoms with Gasteiger partial charge in [-0.3, -0.25) is 14.2 Å². The molecule has 0 saturated carbocycles. The van der Waals surface area contributed by atoms with Crippen molar-refractivity contribution in [3.8, 4) is 0 Å². The summed E-state index contributed by atoms with van der Waals surface area (Å²) in [5, 5.41) is 1.06. The number of halogens is 2. The molecule has 0 atom stereocenters. The zero-order valence-electron chi connectivity index (χ0n) is 15.3. The Hall–Kier alpha value is -2.06. The number of nitrogens with zero attached hydrogens (tertiary/aromatic N) is 2. The standard InChI is InChI=1S/C19H18F2N2O2S2/c1-9(2)23-18(25)16-10(3)11(4)27-17(16)22-19(23)26-8-15(24)12-5-6-13(20)14(21)7-12/h5-7,9H,8H2,1-4H3. The highest BCUT2D eigenvalue weighted by Crippen LogP contribution is 2.29. The summed E-state index contributed by atoms with van der Waals surface area (Å²) < 4.78 is 28.0. The molecule has 3 aromatic rings. The number of thioether (sulfide) groups is 1. The molecule has 0 spiro atoms. The van der Waals surface area contributed by atoms with Crippen LogP contribution in [0.25, 0.3) is 10.2 Å². The van der Waals surface area contributed by atoms with Crippen molar-refractivity contribution in [1.29, 1.82) is 0 Å². The minimum absolute atomic E-state index is 0.0287. The summed E-state index contributed by atoms with van der Waals surface area (Å²) in [5.74, 6) is -2.45. The van der Waals surface area contributed by atoms with Crippen molar-refractivity contribution in [2.24, 2.45) is 0 Å². The summed E-state index contributed by atoms with van der Waals surface area (Å²) in [7, 11) is 0. The minimum Gasteiger partial charge on any atom is -0.293 e. The monoisotopic (exact) mass is 408 g/mol. The van der Waals surface area contributed by atoms with E-state index in [-0.39, 0.29) is 28.7 Å². The van der Waals surface area contributed by atoms with Gasteiger partial charge in [0.05, 0.1) is 11.1 Å². The smallest absolute Gasteiger partial charge is 0.263 e.